The minimum Gasteiger partial charge on any atom is -0.493 e. The summed E-state index contributed by atoms with van der Waals surface area (Å²) in [7, 11) is 3.30. The zero-order valence-corrected chi connectivity index (χ0v) is 17.6. The van der Waals surface area contributed by atoms with Gasteiger partial charge >= 0.3 is 0 Å². The van der Waals surface area contributed by atoms with E-state index in [1.165, 1.54) is 0 Å². The fraction of sp³-hybridized carbons (Fsp3) is 0.455. The van der Waals surface area contributed by atoms with Crippen molar-refractivity contribution in [3.05, 3.63) is 53.9 Å². The molecule has 0 fully saturated rings. The lowest BCUT2D eigenvalue weighted by Gasteiger charge is -2.25. The average molecular weight is 385 g/mol. The fourth-order valence-corrected chi connectivity index (χ4v) is 2.82. The molecule has 1 aromatic heterocycles. The Labute approximate surface area is 168 Å². The van der Waals surface area contributed by atoms with Crippen LogP contribution < -0.4 is 20.1 Å². The first-order valence-corrected chi connectivity index (χ1v) is 9.64. The van der Waals surface area contributed by atoms with Gasteiger partial charge in [0.1, 0.15) is 0 Å². The van der Waals surface area contributed by atoms with Crippen LogP contribution in [0.5, 0.6) is 11.5 Å². The Morgan fingerprint density at radius 2 is 1.86 bits per heavy atom. The maximum atomic E-state index is 5.44. The molecule has 2 rings (SSSR count). The number of hydrogen-bond acceptors (Lipinski definition) is 4. The van der Waals surface area contributed by atoms with Crippen molar-refractivity contribution in [2.24, 2.45) is 4.99 Å². The molecule has 1 aromatic carbocycles. The number of aromatic nitrogens is 1. The van der Waals surface area contributed by atoms with Crippen LogP contribution in [0.2, 0.25) is 0 Å². The third kappa shape index (κ3) is 6.15. The third-order valence-corrected chi connectivity index (χ3v) is 4.54. The van der Waals surface area contributed by atoms with E-state index in [9.17, 15) is 0 Å². The van der Waals surface area contributed by atoms with Crippen LogP contribution in [0.15, 0.2) is 47.6 Å². The SMILES string of the molecule is CCNC(=NCC(C)(C)c1ccc(OC)c(OC)c1)NCCc1ccccn1. The van der Waals surface area contributed by atoms with Gasteiger partial charge in [0, 0.05) is 36.8 Å². The highest BCUT2D eigenvalue weighted by atomic mass is 16.5. The molecule has 0 radical (unpaired) electrons. The van der Waals surface area contributed by atoms with Gasteiger partial charge in [-0.3, -0.25) is 9.98 Å². The van der Waals surface area contributed by atoms with E-state index in [1.54, 1.807) is 14.2 Å². The smallest absolute Gasteiger partial charge is 0.191 e. The van der Waals surface area contributed by atoms with Gasteiger partial charge in [-0.05, 0) is 36.8 Å². The molecular formula is C22H32N4O2. The Balaban J connectivity index is 2.03. The lowest BCUT2D eigenvalue weighted by molar-refractivity contribution is 0.353. The number of pyridine rings is 1. The van der Waals surface area contributed by atoms with Crippen molar-refractivity contribution in [3.63, 3.8) is 0 Å². The Morgan fingerprint density at radius 3 is 2.50 bits per heavy atom. The summed E-state index contributed by atoms with van der Waals surface area (Å²) in [4.78, 5) is 9.15. The van der Waals surface area contributed by atoms with Crippen LogP contribution in [-0.2, 0) is 11.8 Å². The van der Waals surface area contributed by atoms with Gasteiger partial charge in [0.2, 0.25) is 0 Å². The van der Waals surface area contributed by atoms with Gasteiger partial charge in [0.05, 0.1) is 20.8 Å². The van der Waals surface area contributed by atoms with Crippen LogP contribution in [0.25, 0.3) is 0 Å². The quantitative estimate of drug-likeness (QED) is 0.513. The van der Waals surface area contributed by atoms with Gasteiger partial charge in [-0.15, -0.1) is 0 Å². The molecule has 0 aliphatic rings. The Kier molecular flexibility index (Phi) is 8.11. The molecule has 0 saturated carbocycles. The molecule has 0 amide bonds. The Bertz CT molecular complexity index is 760. The number of nitrogens with one attached hydrogen (secondary N) is 2. The standard InChI is InChI=1S/C22H32N4O2/c1-6-23-21(25-14-12-18-9-7-8-13-24-18)26-16-22(2,3)17-10-11-19(27-4)20(15-17)28-5/h7-11,13,15H,6,12,14,16H2,1-5H3,(H2,23,25,26). The topological polar surface area (TPSA) is 67.8 Å². The van der Waals surface area contributed by atoms with E-state index in [1.807, 2.05) is 36.5 Å². The first kappa shape index (κ1) is 21.5. The summed E-state index contributed by atoms with van der Waals surface area (Å²) >= 11 is 0. The molecular weight excluding hydrogens is 352 g/mol. The van der Waals surface area contributed by atoms with Gasteiger partial charge in [-0.1, -0.05) is 26.0 Å². The van der Waals surface area contributed by atoms with Crippen molar-refractivity contribution in [2.75, 3.05) is 33.9 Å². The van der Waals surface area contributed by atoms with Crippen molar-refractivity contribution < 1.29 is 9.47 Å². The molecule has 0 aliphatic heterocycles. The number of ether oxygens (including phenoxy) is 2. The van der Waals surface area contributed by atoms with Crippen LogP contribution >= 0.6 is 0 Å². The predicted octanol–water partition coefficient (Wildman–Crippen LogP) is 3.17. The number of benzene rings is 1. The Hall–Kier alpha value is -2.76. The van der Waals surface area contributed by atoms with E-state index >= 15 is 0 Å². The molecule has 0 saturated heterocycles. The number of hydrogen-bond donors (Lipinski definition) is 2. The summed E-state index contributed by atoms with van der Waals surface area (Å²) < 4.78 is 10.8. The van der Waals surface area contributed by atoms with E-state index in [0.29, 0.717) is 6.54 Å². The van der Waals surface area contributed by atoms with Crippen molar-refractivity contribution >= 4 is 5.96 Å². The third-order valence-electron chi connectivity index (χ3n) is 4.54. The van der Waals surface area contributed by atoms with Crippen molar-refractivity contribution in [1.82, 2.24) is 15.6 Å². The molecule has 2 aromatic rings. The summed E-state index contributed by atoms with van der Waals surface area (Å²) in [6.45, 7) is 8.65. The van der Waals surface area contributed by atoms with E-state index in [4.69, 9.17) is 14.5 Å². The van der Waals surface area contributed by atoms with Gasteiger partial charge < -0.3 is 20.1 Å². The molecule has 0 bridgehead atoms. The second-order valence-corrected chi connectivity index (χ2v) is 7.15. The summed E-state index contributed by atoms with van der Waals surface area (Å²) in [5.41, 5.74) is 2.07. The minimum absolute atomic E-state index is 0.150. The highest BCUT2D eigenvalue weighted by Crippen LogP contribution is 2.33. The van der Waals surface area contributed by atoms with E-state index in [2.05, 4.69) is 42.5 Å². The van der Waals surface area contributed by atoms with Gasteiger partial charge in [0.15, 0.2) is 17.5 Å². The molecule has 152 valence electrons. The van der Waals surface area contributed by atoms with Crippen LogP contribution in [0.3, 0.4) is 0 Å². The number of methoxy groups -OCH3 is 2. The first-order chi connectivity index (χ1) is 13.5. The molecule has 28 heavy (non-hydrogen) atoms. The molecule has 6 nitrogen and oxygen atoms in total. The van der Waals surface area contributed by atoms with Gasteiger partial charge in [0.25, 0.3) is 0 Å². The fourth-order valence-electron chi connectivity index (χ4n) is 2.82. The highest BCUT2D eigenvalue weighted by Gasteiger charge is 2.22. The lowest BCUT2D eigenvalue weighted by Crippen LogP contribution is -2.39. The van der Waals surface area contributed by atoms with Crippen molar-refractivity contribution in [3.8, 4) is 11.5 Å². The molecule has 0 aliphatic carbocycles. The molecule has 0 spiro atoms. The minimum atomic E-state index is -0.150. The summed E-state index contributed by atoms with van der Waals surface area (Å²) in [6, 6.07) is 12.0. The van der Waals surface area contributed by atoms with E-state index in [-0.39, 0.29) is 5.41 Å². The molecule has 6 heteroatoms. The second-order valence-electron chi connectivity index (χ2n) is 7.15. The van der Waals surface area contributed by atoms with Crippen molar-refractivity contribution in [1.29, 1.82) is 0 Å². The normalized spacial score (nSPS) is 11.8. The van der Waals surface area contributed by atoms with Gasteiger partial charge in [-0.2, -0.15) is 0 Å². The van der Waals surface area contributed by atoms with E-state index < -0.39 is 0 Å². The molecule has 0 atom stereocenters. The van der Waals surface area contributed by atoms with Crippen LogP contribution in [0.4, 0.5) is 0 Å². The zero-order chi connectivity index (χ0) is 20.4. The van der Waals surface area contributed by atoms with Crippen LogP contribution in [0.1, 0.15) is 32.0 Å². The maximum absolute atomic E-state index is 5.44. The van der Waals surface area contributed by atoms with Crippen LogP contribution in [0, 0.1) is 0 Å². The number of guanidine groups is 1. The maximum Gasteiger partial charge on any atom is 0.191 e. The molecule has 1 heterocycles. The number of nitrogens with zero attached hydrogens (tertiary/aromatic N) is 2. The Morgan fingerprint density at radius 1 is 1.07 bits per heavy atom. The van der Waals surface area contributed by atoms with Gasteiger partial charge in [-0.25, -0.2) is 0 Å². The average Bonchev–Trinajstić information content (AvgIpc) is 2.72. The predicted molar refractivity (Wildman–Crippen MR) is 114 cm³/mol. The first-order valence-electron chi connectivity index (χ1n) is 9.64. The molecule has 2 N–H and O–H groups in total. The number of aliphatic imine (C=N–C) groups is 1. The second kappa shape index (κ2) is 10.5. The lowest BCUT2D eigenvalue weighted by atomic mass is 9.84. The summed E-state index contributed by atoms with van der Waals surface area (Å²) in [5, 5.41) is 6.70. The van der Waals surface area contributed by atoms with E-state index in [0.717, 1.165) is 48.2 Å². The monoisotopic (exact) mass is 384 g/mol. The van der Waals surface area contributed by atoms with Crippen molar-refractivity contribution in [2.45, 2.75) is 32.6 Å². The summed E-state index contributed by atoms with van der Waals surface area (Å²) in [6.07, 6.45) is 2.67. The molecule has 0 unspecified atom stereocenters. The largest absolute Gasteiger partial charge is 0.493 e. The number of rotatable bonds is 9. The highest BCUT2D eigenvalue weighted by molar-refractivity contribution is 5.79. The summed E-state index contributed by atoms with van der Waals surface area (Å²) in [5.74, 6) is 2.28. The zero-order valence-electron chi connectivity index (χ0n) is 17.6. The van der Waals surface area contributed by atoms with Crippen LogP contribution in [-0.4, -0.2) is 44.8 Å².